The van der Waals surface area contributed by atoms with E-state index in [9.17, 15) is 8.42 Å². The van der Waals surface area contributed by atoms with Crippen LogP contribution in [0.5, 0.6) is 0 Å². The minimum Gasteiger partial charge on any atom is -0.399 e. The van der Waals surface area contributed by atoms with Crippen molar-refractivity contribution in [2.75, 3.05) is 28.7 Å². The van der Waals surface area contributed by atoms with Crippen molar-refractivity contribution in [3.05, 3.63) is 24.5 Å². The van der Waals surface area contributed by atoms with Crippen LogP contribution in [0.4, 0.5) is 11.5 Å². The van der Waals surface area contributed by atoms with Gasteiger partial charge in [-0.1, -0.05) is 0 Å². The Bertz CT molecular complexity index is 760. The van der Waals surface area contributed by atoms with Gasteiger partial charge in [0.25, 0.3) is 0 Å². The van der Waals surface area contributed by atoms with E-state index in [1.165, 1.54) is 6.33 Å². The molecule has 1 unspecified atom stereocenters. The minimum absolute atomic E-state index is 0.0931. The Kier molecular flexibility index (Phi) is 3.01. The first-order chi connectivity index (χ1) is 9.46. The number of benzene rings is 1. The Morgan fingerprint density at radius 1 is 1.35 bits per heavy atom. The molecular weight excluding hydrogens is 276 g/mol. The summed E-state index contributed by atoms with van der Waals surface area (Å²) < 4.78 is 23.3. The summed E-state index contributed by atoms with van der Waals surface area (Å²) in [5.74, 6) is 1.10. The second-order valence-corrected chi connectivity index (χ2v) is 7.36. The number of fused-ring (bicyclic) bond motifs is 1. The number of anilines is 2. The largest absolute Gasteiger partial charge is 0.399 e. The average molecular weight is 292 g/mol. The monoisotopic (exact) mass is 292 g/mol. The van der Waals surface area contributed by atoms with Gasteiger partial charge in [-0.3, -0.25) is 0 Å². The molecule has 1 fully saturated rings. The Hall–Kier alpha value is -1.89. The van der Waals surface area contributed by atoms with E-state index in [0.717, 1.165) is 16.7 Å². The van der Waals surface area contributed by atoms with Crippen molar-refractivity contribution in [3.8, 4) is 0 Å². The molecule has 0 bridgehead atoms. The molecule has 1 aromatic heterocycles. The number of nitrogens with two attached hydrogens (primary N) is 1. The molecule has 0 radical (unpaired) electrons. The van der Waals surface area contributed by atoms with Crippen LogP contribution in [0.15, 0.2) is 24.5 Å². The highest BCUT2D eigenvalue weighted by Crippen LogP contribution is 2.27. The Labute approximate surface area is 117 Å². The van der Waals surface area contributed by atoms with Gasteiger partial charge in [0, 0.05) is 23.7 Å². The fourth-order valence-corrected chi connectivity index (χ4v) is 4.16. The zero-order valence-electron chi connectivity index (χ0n) is 11.2. The predicted molar refractivity (Wildman–Crippen MR) is 79.4 cm³/mol. The third-order valence-electron chi connectivity index (χ3n) is 3.58. The van der Waals surface area contributed by atoms with Crippen molar-refractivity contribution < 1.29 is 8.42 Å². The van der Waals surface area contributed by atoms with Crippen LogP contribution in [0, 0.1) is 0 Å². The van der Waals surface area contributed by atoms with Crippen LogP contribution >= 0.6 is 0 Å². The van der Waals surface area contributed by atoms with Crippen LogP contribution in [0.25, 0.3) is 10.9 Å². The molecule has 1 aromatic carbocycles. The fourth-order valence-electron chi connectivity index (χ4n) is 2.60. The molecule has 3 rings (SSSR count). The summed E-state index contributed by atoms with van der Waals surface area (Å²) in [4.78, 5) is 10.6. The molecule has 106 valence electrons. The van der Waals surface area contributed by atoms with E-state index in [1.54, 1.807) is 12.1 Å². The number of nitrogen functional groups attached to an aromatic ring is 1. The first kappa shape index (κ1) is 13.1. The first-order valence-electron chi connectivity index (χ1n) is 6.43. The fraction of sp³-hybridized carbons (Fsp3) is 0.385. The van der Waals surface area contributed by atoms with E-state index in [0.29, 0.717) is 12.2 Å². The van der Waals surface area contributed by atoms with Crippen molar-refractivity contribution in [2.24, 2.45) is 0 Å². The summed E-state index contributed by atoms with van der Waals surface area (Å²) in [5, 5.41) is 0.896. The lowest BCUT2D eigenvalue weighted by molar-refractivity contribution is 0.567. The van der Waals surface area contributed by atoms with E-state index in [4.69, 9.17) is 5.73 Å². The van der Waals surface area contributed by atoms with Gasteiger partial charge in [0.1, 0.15) is 12.1 Å². The zero-order chi connectivity index (χ0) is 14.3. The lowest BCUT2D eigenvalue weighted by Gasteiger charge is -2.34. The van der Waals surface area contributed by atoms with Crippen LogP contribution in [0.2, 0.25) is 0 Å². The summed E-state index contributed by atoms with van der Waals surface area (Å²) in [6.45, 7) is 2.36. The van der Waals surface area contributed by atoms with Gasteiger partial charge in [-0.25, -0.2) is 18.4 Å². The van der Waals surface area contributed by atoms with E-state index < -0.39 is 9.84 Å². The molecule has 1 atom stereocenters. The lowest BCUT2D eigenvalue weighted by Crippen LogP contribution is -2.47. The summed E-state index contributed by atoms with van der Waals surface area (Å²) in [6.07, 6.45) is 1.49. The topological polar surface area (TPSA) is 89.2 Å². The smallest absolute Gasteiger partial charge is 0.154 e. The van der Waals surface area contributed by atoms with Gasteiger partial charge >= 0.3 is 0 Å². The maximum Gasteiger partial charge on any atom is 0.154 e. The molecule has 0 amide bonds. The number of nitrogens with zero attached hydrogens (tertiary/aromatic N) is 3. The summed E-state index contributed by atoms with van der Waals surface area (Å²) in [6, 6.07) is 5.40. The molecule has 1 aliphatic heterocycles. The third-order valence-corrected chi connectivity index (χ3v) is 5.38. The van der Waals surface area contributed by atoms with Gasteiger partial charge in [0.05, 0.1) is 17.0 Å². The van der Waals surface area contributed by atoms with Gasteiger partial charge in [-0.15, -0.1) is 0 Å². The van der Waals surface area contributed by atoms with Crippen LogP contribution in [-0.4, -0.2) is 42.5 Å². The number of hydrogen-bond donors (Lipinski definition) is 1. The second-order valence-electron chi connectivity index (χ2n) is 5.13. The van der Waals surface area contributed by atoms with Crippen molar-refractivity contribution in [1.29, 1.82) is 0 Å². The molecule has 6 nitrogen and oxygen atoms in total. The van der Waals surface area contributed by atoms with E-state index >= 15 is 0 Å². The molecule has 7 heteroatoms. The third kappa shape index (κ3) is 2.29. The van der Waals surface area contributed by atoms with E-state index in [-0.39, 0.29) is 17.5 Å². The van der Waals surface area contributed by atoms with Crippen molar-refractivity contribution in [3.63, 3.8) is 0 Å². The number of hydrogen-bond acceptors (Lipinski definition) is 6. The molecule has 1 aliphatic rings. The SMILES string of the molecule is CC1CS(=O)(=O)CCN1c1ncnc2cc(N)ccc12. The number of aromatic nitrogens is 2. The minimum atomic E-state index is -2.94. The maximum absolute atomic E-state index is 11.7. The first-order valence-corrected chi connectivity index (χ1v) is 8.26. The average Bonchev–Trinajstić information content (AvgIpc) is 2.37. The Morgan fingerprint density at radius 2 is 2.15 bits per heavy atom. The highest BCUT2D eigenvalue weighted by Gasteiger charge is 2.29. The predicted octanol–water partition coefficient (Wildman–Crippen LogP) is 0.835. The van der Waals surface area contributed by atoms with E-state index in [2.05, 4.69) is 9.97 Å². The number of rotatable bonds is 1. The van der Waals surface area contributed by atoms with Crippen molar-refractivity contribution in [2.45, 2.75) is 13.0 Å². The van der Waals surface area contributed by atoms with Gasteiger partial charge < -0.3 is 10.6 Å². The Morgan fingerprint density at radius 3 is 2.90 bits per heavy atom. The number of sulfone groups is 1. The second kappa shape index (κ2) is 4.59. The summed E-state index contributed by atoms with van der Waals surface area (Å²) >= 11 is 0. The molecule has 2 N–H and O–H groups in total. The van der Waals surface area contributed by atoms with Crippen LogP contribution in [-0.2, 0) is 9.84 Å². The Balaban J connectivity index is 2.07. The molecular formula is C13H16N4O2S. The van der Waals surface area contributed by atoms with Gasteiger partial charge in [-0.2, -0.15) is 0 Å². The normalized spacial score (nSPS) is 22.1. The molecule has 2 heterocycles. The molecule has 0 saturated carbocycles. The molecule has 20 heavy (non-hydrogen) atoms. The van der Waals surface area contributed by atoms with Gasteiger partial charge in [-0.05, 0) is 25.1 Å². The molecule has 0 spiro atoms. The quantitative estimate of drug-likeness (QED) is 0.783. The molecule has 1 saturated heterocycles. The maximum atomic E-state index is 11.7. The van der Waals surface area contributed by atoms with Crippen LogP contribution in [0.1, 0.15) is 6.92 Å². The highest BCUT2D eigenvalue weighted by atomic mass is 32.2. The summed E-state index contributed by atoms with van der Waals surface area (Å²) in [7, 11) is -2.94. The van der Waals surface area contributed by atoms with Crippen molar-refractivity contribution in [1.82, 2.24) is 9.97 Å². The van der Waals surface area contributed by atoms with Crippen molar-refractivity contribution >= 4 is 32.2 Å². The van der Waals surface area contributed by atoms with Gasteiger partial charge in [0.2, 0.25) is 0 Å². The van der Waals surface area contributed by atoms with Crippen LogP contribution in [0.3, 0.4) is 0 Å². The standard InChI is InChI=1S/C13H16N4O2S/c1-9-7-20(18,19)5-4-17(9)13-11-3-2-10(14)6-12(11)15-8-16-13/h2-3,6,8-9H,4-5,7,14H2,1H3. The highest BCUT2D eigenvalue weighted by molar-refractivity contribution is 7.91. The summed E-state index contributed by atoms with van der Waals surface area (Å²) in [5.41, 5.74) is 7.19. The van der Waals surface area contributed by atoms with E-state index in [1.807, 2.05) is 17.9 Å². The van der Waals surface area contributed by atoms with Gasteiger partial charge in [0.15, 0.2) is 9.84 Å². The zero-order valence-corrected chi connectivity index (χ0v) is 12.0. The molecule has 0 aliphatic carbocycles. The lowest BCUT2D eigenvalue weighted by atomic mass is 10.2. The molecule has 2 aromatic rings. The van der Waals surface area contributed by atoms with Crippen LogP contribution < -0.4 is 10.6 Å².